The highest BCUT2D eigenvalue weighted by Crippen LogP contribution is 2.27. The number of nitrogens with one attached hydrogen (secondary N) is 1. The molecule has 0 unspecified atom stereocenters. The largest absolute Gasteiger partial charge is 0.461 e. The van der Waals surface area contributed by atoms with Crippen LogP contribution < -0.4 is 40.8 Å². The molecule has 6 aromatic rings. The first-order valence-corrected chi connectivity index (χ1v) is 32.1. The maximum absolute atomic E-state index is 12.2. The molecule has 8 rings (SSSR count). The Labute approximate surface area is 441 Å². The van der Waals surface area contributed by atoms with Gasteiger partial charge in [0.05, 0.1) is 6.07 Å². The third-order valence-corrected chi connectivity index (χ3v) is 21.3. The summed E-state index contributed by atoms with van der Waals surface area (Å²) in [7, 11) is 9.14. The first kappa shape index (κ1) is 56.8. The van der Waals surface area contributed by atoms with E-state index in [-0.39, 0.29) is 11.9 Å². The SMILES string of the molecule is CC#N.CN(C)c1ccc2c(c1)[Si](C)(C)c1cc(N(C)CCCC(=O)OCc3ccccc3)ccc1C2.CNc1ccc2c(c1)[Si](C)(C)c1cc(N(C)C)ccc1C2.O=C(CCCBr)OCc1ccccc1. The minimum absolute atomic E-state index is 0.131. The molecule has 0 aliphatic carbocycles. The maximum Gasteiger partial charge on any atom is 0.306 e. The Kier molecular flexibility index (Phi) is 21.3. The zero-order chi connectivity index (χ0) is 52.4. The number of carbonyl (C=O) groups excluding carboxylic acids is 2. The van der Waals surface area contributed by atoms with Crippen LogP contribution in [-0.2, 0) is 45.1 Å². The molecular formula is C60H76BrN5O4Si2. The number of hydrogen-bond donors (Lipinski definition) is 1. The number of alkyl halides is 1. The Morgan fingerprint density at radius 2 is 0.958 bits per heavy atom. The van der Waals surface area contributed by atoms with Gasteiger partial charge in [-0.15, -0.1) is 0 Å². The van der Waals surface area contributed by atoms with Gasteiger partial charge in [0.1, 0.15) is 29.4 Å². The van der Waals surface area contributed by atoms with Crippen LogP contribution in [0.5, 0.6) is 0 Å². The zero-order valence-electron chi connectivity index (χ0n) is 44.6. The molecule has 0 spiro atoms. The van der Waals surface area contributed by atoms with E-state index in [1.807, 2.05) is 67.7 Å². The fourth-order valence-electron chi connectivity index (χ4n) is 9.28. The highest BCUT2D eigenvalue weighted by molar-refractivity contribution is 9.09. The van der Waals surface area contributed by atoms with Crippen LogP contribution >= 0.6 is 15.9 Å². The van der Waals surface area contributed by atoms with E-state index in [0.717, 1.165) is 48.7 Å². The molecule has 0 fully saturated rings. The van der Waals surface area contributed by atoms with E-state index in [4.69, 9.17) is 14.7 Å². The predicted molar refractivity (Wildman–Crippen MR) is 312 cm³/mol. The van der Waals surface area contributed by atoms with Crippen LogP contribution in [0.25, 0.3) is 0 Å². The van der Waals surface area contributed by atoms with Crippen LogP contribution in [0.1, 0.15) is 66.0 Å². The highest BCUT2D eigenvalue weighted by atomic mass is 79.9. The Bertz CT molecular complexity index is 2760. The summed E-state index contributed by atoms with van der Waals surface area (Å²) in [4.78, 5) is 30.0. The Balaban J connectivity index is 0.000000215. The van der Waals surface area contributed by atoms with Gasteiger partial charge in [-0.2, -0.15) is 5.26 Å². The summed E-state index contributed by atoms with van der Waals surface area (Å²) in [5, 5.41) is 17.7. The van der Waals surface area contributed by atoms with Gasteiger partial charge in [0.25, 0.3) is 0 Å². The zero-order valence-corrected chi connectivity index (χ0v) is 48.2. The highest BCUT2D eigenvalue weighted by Gasteiger charge is 2.36. The monoisotopic (exact) mass is 1070 g/mol. The summed E-state index contributed by atoms with van der Waals surface area (Å²) in [6.07, 6.45) is 4.59. The van der Waals surface area contributed by atoms with Crippen molar-refractivity contribution in [3.05, 3.63) is 167 Å². The Morgan fingerprint density at radius 1 is 0.583 bits per heavy atom. The fraction of sp³-hybridized carbons (Fsp3) is 0.350. The summed E-state index contributed by atoms with van der Waals surface area (Å²) in [5.41, 5.74) is 13.0. The van der Waals surface area contributed by atoms with Gasteiger partial charge in [-0.25, -0.2) is 0 Å². The van der Waals surface area contributed by atoms with Crippen molar-refractivity contribution in [2.75, 3.05) is 74.2 Å². The molecule has 1 N–H and O–H groups in total. The number of anilines is 4. The molecule has 6 aromatic carbocycles. The second-order valence-corrected chi connectivity index (χ2v) is 29.3. The summed E-state index contributed by atoms with van der Waals surface area (Å²) in [6.45, 7) is 12.9. The maximum atomic E-state index is 12.2. The van der Waals surface area contributed by atoms with Gasteiger partial charge in [-0.05, 0) is 128 Å². The molecule has 380 valence electrons. The molecule has 0 aromatic heterocycles. The van der Waals surface area contributed by atoms with Crippen molar-refractivity contribution in [1.82, 2.24) is 0 Å². The van der Waals surface area contributed by atoms with E-state index in [9.17, 15) is 9.59 Å². The summed E-state index contributed by atoms with van der Waals surface area (Å²) < 4.78 is 10.5. The van der Waals surface area contributed by atoms with Gasteiger partial charge >= 0.3 is 11.9 Å². The van der Waals surface area contributed by atoms with Gasteiger partial charge in [-0.1, -0.05) is 127 Å². The van der Waals surface area contributed by atoms with Gasteiger partial charge in [0.2, 0.25) is 0 Å². The van der Waals surface area contributed by atoms with Crippen molar-refractivity contribution >= 4 is 87.5 Å². The lowest BCUT2D eigenvalue weighted by Gasteiger charge is -2.35. The molecule has 0 radical (unpaired) electrons. The number of ether oxygens (including phenoxy) is 2. The molecule has 0 bridgehead atoms. The van der Waals surface area contributed by atoms with Crippen molar-refractivity contribution in [2.45, 2.75) is 84.9 Å². The average Bonchev–Trinajstić information content (AvgIpc) is 3.37. The normalized spacial score (nSPS) is 12.8. The van der Waals surface area contributed by atoms with Crippen LogP contribution in [-0.4, -0.2) is 82.2 Å². The Hall–Kier alpha value is -6.14. The van der Waals surface area contributed by atoms with Crippen LogP contribution in [0.4, 0.5) is 22.7 Å². The van der Waals surface area contributed by atoms with E-state index in [0.29, 0.717) is 26.1 Å². The second kappa shape index (κ2) is 27.1. The molecule has 12 heteroatoms. The number of nitrogens with zero attached hydrogens (tertiary/aromatic N) is 4. The Morgan fingerprint density at radius 3 is 1.36 bits per heavy atom. The molecule has 72 heavy (non-hydrogen) atoms. The van der Waals surface area contributed by atoms with Gasteiger partial charge in [-0.3, -0.25) is 9.59 Å². The minimum Gasteiger partial charge on any atom is -0.461 e. The van der Waals surface area contributed by atoms with E-state index in [1.54, 1.807) is 21.6 Å². The number of esters is 2. The summed E-state index contributed by atoms with van der Waals surface area (Å²) in [6, 6.07) is 49.0. The third kappa shape index (κ3) is 15.4. The summed E-state index contributed by atoms with van der Waals surface area (Å²) in [5.74, 6) is -0.266. The van der Waals surface area contributed by atoms with Crippen LogP contribution in [0, 0.1) is 11.3 Å². The third-order valence-electron chi connectivity index (χ3n) is 13.5. The molecule has 9 nitrogen and oxygen atoms in total. The number of benzene rings is 6. The molecular weight excluding hydrogens is 991 g/mol. The lowest BCUT2D eigenvalue weighted by molar-refractivity contribution is -0.145. The second-order valence-electron chi connectivity index (χ2n) is 19.9. The van der Waals surface area contributed by atoms with Crippen molar-refractivity contribution in [1.29, 1.82) is 5.26 Å². The molecule has 0 amide bonds. The van der Waals surface area contributed by atoms with Crippen LogP contribution in [0.15, 0.2) is 133 Å². The summed E-state index contributed by atoms with van der Waals surface area (Å²) >= 11 is 3.27. The van der Waals surface area contributed by atoms with E-state index in [1.165, 1.54) is 57.1 Å². The lowest BCUT2D eigenvalue weighted by atomic mass is 10.0. The van der Waals surface area contributed by atoms with Gasteiger partial charge < -0.3 is 29.5 Å². The number of halogens is 1. The number of carbonyl (C=O) groups is 2. The van der Waals surface area contributed by atoms with Crippen LogP contribution in [0.2, 0.25) is 26.2 Å². The molecule has 0 saturated carbocycles. The van der Waals surface area contributed by atoms with E-state index in [2.05, 4.69) is 170 Å². The smallest absolute Gasteiger partial charge is 0.306 e. The van der Waals surface area contributed by atoms with Crippen molar-refractivity contribution < 1.29 is 19.1 Å². The molecule has 0 saturated heterocycles. The number of hydrogen-bond acceptors (Lipinski definition) is 9. The van der Waals surface area contributed by atoms with Crippen molar-refractivity contribution in [2.24, 2.45) is 0 Å². The lowest BCUT2D eigenvalue weighted by Crippen LogP contribution is -2.58. The van der Waals surface area contributed by atoms with Gasteiger partial charge in [0, 0.05) is 96.7 Å². The van der Waals surface area contributed by atoms with Crippen molar-refractivity contribution in [3.63, 3.8) is 0 Å². The van der Waals surface area contributed by atoms with Crippen LogP contribution in [0.3, 0.4) is 0 Å². The topological polar surface area (TPSA) is 98.1 Å². The predicted octanol–water partition coefficient (Wildman–Crippen LogP) is 10.4. The van der Waals surface area contributed by atoms with Crippen molar-refractivity contribution in [3.8, 4) is 6.07 Å². The molecule has 2 aliphatic rings. The minimum atomic E-state index is -1.81. The first-order valence-electron chi connectivity index (χ1n) is 25.0. The quantitative estimate of drug-likeness (QED) is 0.0613. The fourth-order valence-corrected chi connectivity index (χ4v) is 16.1. The number of nitriles is 1. The number of fused-ring (bicyclic) bond motifs is 4. The van der Waals surface area contributed by atoms with E-state index < -0.39 is 16.1 Å². The first-order chi connectivity index (χ1) is 34.4. The van der Waals surface area contributed by atoms with Gasteiger partial charge in [0.15, 0.2) is 0 Å². The standard InChI is InChI=1S/C29H36N2O2Si.C18H24N2Si.C11H13BrO2.C2H3N/c1-30(2)25-15-13-23-18-24-14-16-26(20-28(24)34(4,5)27(23)19-25)31(3)17-9-12-29(32)33-21-22-10-7-6-8-11-22;1-19-15-8-6-13-10-14-7-9-16(20(2)3)12-18(14)21(4,5)17(13)11-15;12-8-4-7-11(13)14-9-10-5-2-1-3-6-10;1-2-3/h6-8,10-11,13-16,19-20H,9,12,17-18,21H2,1-5H3;6-9,11-12,19H,10H2,1-5H3;1-3,5-6H,4,7-9H2;1H3. The molecule has 2 heterocycles. The average molecular weight is 1070 g/mol. The molecule has 0 atom stereocenters. The number of rotatable bonds is 15. The van der Waals surface area contributed by atoms with E-state index >= 15 is 0 Å². The molecule has 2 aliphatic heterocycles.